The summed E-state index contributed by atoms with van der Waals surface area (Å²) in [6.45, 7) is 5.19. The van der Waals surface area contributed by atoms with E-state index in [9.17, 15) is 0 Å². The third-order valence-corrected chi connectivity index (χ3v) is 3.47. The first kappa shape index (κ1) is 13.0. The molecule has 0 spiro atoms. The zero-order valence-corrected chi connectivity index (χ0v) is 10.9. The van der Waals surface area contributed by atoms with E-state index >= 15 is 0 Å². The Kier molecular flexibility index (Phi) is 4.28. The van der Waals surface area contributed by atoms with Gasteiger partial charge in [-0.3, -0.25) is 4.98 Å². The SMILES string of the molecule is CC(CO)C(C)NCc1ccc2cnccc2c1. The van der Waals surface area contributed by atoms with Crippen LogP contribution < -0.4 is 5.32 Å². The van der Waals surface area contributed by atoms with Gasteiger partial charge in [-0.25, -0.2) is 0 Å². The lowest BCUT2D eigenvalue weighted by Gasteiger charge is -2.19. The van der Waals surface area contributed by atoms with Gasteiger partial charge >= 0.3 is 0 Å². The summed E-state index contributed by atoms with van der Waals surface area (Å²) >= 11 is 0. The first-order valence-electron chi connectivity index (χ1n) is 6.37. The van der Waals surface area contributed by atoms with Crippen LogP contribution in [0.4, 0.5) is 0 Å². The zero-order valence-electron chi connectivity index (χ0n) is 10.9. The summed E-state index contributed by atoms with van der Waals surface area (Å²) in [4.78, 5) is 4.11. The molecule has 2 atom stereocenters. The highest BCUT2D eigenvalue weighted by molar-refractivity contribution is 5.81. The van der Waals surface area contributed by atoms with Crippen LogP contribution in [-0.2, 0) is 6.54 Å². The number of fused-ring (bicyclic) bond motifs is 1. The van der Waals surface area contributed by atoms with Crippen molar-refractivity contribution >= 4 is 10.8 Å². The van der Waals surface area contributed by atoms with E-state index in [4.69, 9.17) is 5.11 Å². The molecule has 0 saturated heterocycles. The molecule has 2 rings (SSSR count). The van der Waals surface area contributed by atoms with Gasteiger partial charge in [-0.15, -0.1) is 0 Å². The average Bonchev–Trinajstić information content (AvgIpc) is 2.43. The molecule has 3 heteroatoms. The molecule has 0 aliphatic rings. The molecule has 2 aromatic rings. The van der Waals surface area contributed by atoms with E-state index in [0.717, 1.165) is 11.9 Å². The number of pyridine rings is 1. The number of benzene rings is 1. The van der Waals surface area contributed by atoms with E-state index in [1.54, 1.807) is 0 Å². The fourth-order valence-electron chi connectivity index (χ4n) is 1.88. The first-order chi connectivity index (χ1) is 8.70. The normalized spacial score (nSPS) is 14.6. The molecule has 96 valence electrons. The molecule has 18 heavy (non-hydrogen) atoms. The number of aliphatic hydroxyl groups is 1. The molecule has 0 saturated carbocycles. The minimum Gasteiger partial charge on any atom is -0.396 e. The second-order valence-corrected chi connectivity index (χ2v) is 4.89. The minimum atomic E-state index is 0.220. The van der Waals surface area contributed by atoms with Crippen LogP contribution in [0.5, 0.6) is 0 Å². The number of aromatic nitrogens is 1. The van der Waals surface area contributed by atoms with Gasteiger partial charge in [-0.05, 0) is 35.9 Å². The predicted molar refractivity (Wildman–Crippen MR) is 74.3 cm³/mol. The first-order valence-corrected chi connectivity index (χ1v) is 6.37. The predicted octanol–water partition coefficient (Wildman–Crippen LogP) is 2.34. The van der Waals surface area contributed by atoms with Crippen LogP contribution in [0.15, 0.2) is 36.7 Å². The van der Waals surface area contributed by atoms with Crippen LogP contribution in [-0.4, -0.2) is 22.7 Å². The fraction of sp³-hybridized carbons (Fsp3) is 0.400. The average molecular weight is 244 g/mol. The van der Waals surface area contributed by atoms with Gasteiger partial charge in [0.25, 0.3) is 0 Å². The lowest BCUT2D eigenvalue weighted by Crippen LogP contribution is -2.33. The van der Waals surface area contributed by atoms with Crippen LogP contribution >= 0.6 is 0 Å². The largest absolute Gasteiger partial charge is 0.396 e. The van der Waals surface area contributed by atoms with Crippen molar-refractivity contribution in [3.8, 4) is 0 Å². The Labute approximate surface area is 108 Å². The maximum Gasteiger partial charge on any atom is 0.0471 e. The Morgan fingerprint density at radius 1 is 1.22 bits per heavy atom. The molecule has 1 aromatic heterocycles. The fourth-order valence-corrected chi connectivity index (χ4v) is 1.88. The molecule has 1 aromatic carbocycles. The quantitative estimate of drug-likeness (QED) is 0.848. The minimum absolute atomic E-state index is 0.220. The van der Waals surface area contributed by atoms with E-state index < -0.39 is 0 Å². The Balaban J connectivity index is 2.04. The highest BCUT2D eigenvalue weighted by atomic mass is 16.3. The zero-order chi connectivity index (χ0) is 13.0. The van der Waals surface area contributed by atoms with Gasteiger partial charge in [0.05, 0.1) is 0 Å². The van der Waals surface area contributed by atoms with Gasteiger partial charge in [-0.1, -0.05) is 19.1 Å². The molecule has 0 radical (unpaired) electrons. The number of rotatable bonds is 5. The molecular formula is C15H20N2O. The summed E-state index contributed by atoms with van der Waals surface area (Å²) < 4.78 is 0. The van der Waals surface area contributed by atoms with Crippen LogP contribution in [0.2, 0.25) is 0 Å². The molecular weight excluding hydrogens is 224 g/mol. The van der Waals surface area contributed by atoms with Gasteiger partial charge in [0.2, 0.25) is 0 Å². The van der Waals surface area contributed by atoms with Gasteiger partial charge in [0.1, 0.15) is 0 Å². The van der Waals surface area contributed by atoms with Crippen LogP contribution in [0, 0.1) is 5.92 Å². The Bertz CT molecular complexity index is 513. The van der Waals surface area contributed by atoms with Crippen molar-refractivity contribution in [3.63, 3.8) is 0 Å². The van der Waals surface area contributed by atoms with Gasteiger partial charge in [0, 0.05) is 37.0 Å². The molecule has 1 heterocycles. The molecule has 2 N–H and O–H groups in total. The molecule has 0 bridgehead atoms. The van der Waals surface area contributed by atoms with E-state index in [1.165, 1.54) is 10.9 Å². The third kappa shape index (κ3) is 3.06. The topological polar surface area (TPSA) is 45.1 Å². The molecule has 3 nitrogen and oxygen atoms in total. The van der Waals surface area contributed by atoms with Crippen molar-refractivity contribution in [1.29, 1.82) is 0 Å². The van der Waals surface area contributed by atoms with Crippen molar-refractivity contribution in [2.24, 2.45) is 5.92 Å². The number of hydrogen-bond acceptors (Lipinski definition) is 3. The van der Waals surface area contributed by atoms with Crippen molar-refractivity contribution in [2.45, 2.75) is 26.4 Å². The number of nitrogens with one attached hydrogen (secondary N) is 1. The monoisotopic (exact) mass is 244 g/mol. The van der Waals surface area contributed by atoms with Crippen LogP contribution in [0.3, 0.4) is 0 Å². The third-order valence-electron chi connectivity index (χ3n) is 3.47. The number of aliphatic hydroxyl groups excluding tert-OH is 1. The Hall–Kier alpha value is -1.45. The smallest absolute Gasteiger partial charge is 0.0471 e. The highest BCUT2D eigenvalue weighted by Gasteiger charge is 2.09. The lowest BCUT2D eigenvalue weighted by molar-refractivity contribution is 0.207. The molecule has 2 unspecified atom stereocenters. The highest BCUT2D eigenvalue weighted by Crippen LogP contribution is 2.14. The second kappa shape index (κ2) is 5.94. The second-order valence-electron chi connectivity index (χ2n) is 4.89. The van der Waals surface area contributed by atoms with E-state index in [1.807, 2.05) is 25.4 Å². The van der Waals surface area contributed by atoms with Gasteiger partial charge < -0.3 is 10.4 Å². The Morgan fingerprint density at radius 3 is 2.83 bits per heavy atom. The molecule has 0 aliphatic heterocycles. The van der Waals surface area contributed by atoms with E-state index in [2.05, 4.69) is 35.4 Å². The molecule has 0 fully saturated rings. The standard InChI is InChI=1S/C15H20N2O/c1-11(10-18)12(2)17-8-13-3-4-15-9-16-6-5-14(15)7-13/h3-7,9,11-12,17-18H,8,10H2,1-2H3. The summed E-state index contributed by atoms with van der Waals surface area (Å²) in [5.41, 5.74) is 1.26. The summed E-state index contributed by atoms with van der Waals surface area (Å²) in [7, 11) is 0. The van der Waals surface area contributed by atoms with Crippen LogP contribution in [0.1, 0.15) is 19.4 Å². The van der Waals surface area contributed by atoms with E-state index in [-0.39, 0.29) is 12.5 Å². The van der Waals surface area contributed by atoms with Crippen molar-refractivity contribution in [2.75, 3.05) is 6.61 Å². The van der Waals surface area contributed by atoms with Crippen molar-refractivity contribution in [1.82, 2.24) is 10.3 Å². The van der Waals surface area contributed by atoms with Crippen molar-refractivity contribution < 1.29 is 5.11 Å². The number of nitrogens with zero attached hydrogens (tertiary/aromatic N) is 1. The Morgan fingerprint density at radius 2 is 2.06 bits per heavy atom. The summed E-state index contributed by atoms with van der Waals surface area (Å²) in [5, 5.41) is 14.9. The number of hydrogen-bond donors (Lipinski definition) is 2. The summed E-state index contributed by atoms with van der Waals surface area (Å²) in [6.07, 6.45) is 3.69. The van der Waals surface area contributed by atoms with E-state index in [0.29, 0.717) is 6.04 Å². The van der Waals surface area contributed by atoms with Gasteiger partial charge in [-0.2, -0.15) is 0 Å². The summed E-state index contributed by atoms with van der Waals surface area (Å²) in [6, 6.07) is 8.73. The maximum absolute atomic E-state index is 9.10. The van der Waals surface area contributed by atoms with Crippen molar-refractivity contribution in [3.05, 3.63) is 42.2 Å². The van der Waals surface area contributed by atoms with Gasteiger partial charge in [0.15, 0.2) is 0 Å². The summed E-state index contributed by atoms with van der Waals surface area (Å²) in [5.74, 6) is 0.273. The maximum atomic E-state index is 9.10. The van der Waals surface area contributed by atoms with Crippen LogP contribution in [0.25, 0.3) is 10.8 Å². The molecule has 0 amide bonds. The molecule has 0 aliphatic carbocycles. The lowest BCUT2D eigenvalue weighted by atomic mass is 10.0.